The van der Waals surface area contributed by atoms with Crippen molar-refractivity contribution < 1.29 is 9.47 Å². The predicted molar refractivity (Wildman–Crippen MR) is 64.1 cm³/mol. The van der Waals surface area contributed by atoms with Gasteiger partial charge >= 0.3 is 0 Å². The molecule has 0 bridgehead atoms. The van der Waals surface area contributed by atoms with E-state index < -0.39 is 0 Å². The monoisotopic (exact) mass is 221 g/mol. The van der Waals surface area contributed by atoms with Crippen LogP contribution in [0.1, 0.15) is 19.8 Å². The summed E-state index contributed by atoms with van der Waals surface area (Å²) < 4.78 is 11.5. The first-order valence-electron chi connectivity index (χ1n) is 5.99. The van der Waals surface area contributed by atoms with E-state index in [9.17, 15) is 0 Å². The molecule has 0 aromatic heterocycles. The molecule has 1 aliphatic heterocycles. The van der Waals surface area contributed by atoms with E-state index >= 15 is 0 Å². The van der Waals surface area contributed by atoms with Gasteiger partial charge in [0.1, 0.15) is 12.7 Å². The number of unbranched alkanes of at least 4 members (excludes halogenated alkanes) is 1. The molecule has 0 fully saturated rings. The maximum Gasteiger partial charge on any atom is 0.161 e. The molecule has 1 heterocycles. The molecule has 16 heavy (non-hydrogen) atoms. The van der Waals surface area contributed by atoms with Gasteiger partial charge in [0.2, 0.25) is 0 Å². The van der Waals surface area contributed by atoms with E-state index in [1.54, 1.807) is 0 Å². The Balaban J connectivity index is 1.79. The van der Waals surface area contributed by atoms with Crippen LogP contribution in [-0.4, -0.2) is 25.8 Å². The normalized spacial score (nSPS) is 18.4. The topological polar surface area (TPSA) is 30.5 Å². The van der Waals surface area contributed by atoms with Crippen LogP contribution in [0.4, 0.5) is 0 Å². The van der Waals surface area contributed by atoms with E-state index in [0.29, 0.717) is 6.61 Å². The number of benzene rings is 1. The first kappa shape index (κ1) is 11.3. The number of fused-ring (bicyclic) bond motifs is 1. The molecule has 0 saturated heterocycles. The fourth-order valence-electron chi connectivity index (χ4n) is 1.73. The van der Waals surface area contributed by atoms with Gasteiger partial charge in [-0.2, -0.15) is 0 Å². The van der Waals surface area contributed by atoms with E-state index in [1.165, 1.54) is 12.8 Å². The Morgan fingerprint density at radius 1 is 1.31 bits per heavy atom. The second kappa shape index (κ2) is 5.75. The summed E-state index contributed by atoms with van der Waals surface area (Å²) >= 11 is 0. The van der Waals surface area contributed by atoms with E-state index in [1.807, 2.05) is 24.3 Å². The average molecular weight is 221 g/mol. The summed E-state index contributed by atoms with van der Waals surface area (Å²) in [6.45, 7) is 4.74. The van der Waals surface area contributed by atoms with E-state index in [4.69, 9.17) is 9.47 Å². The highest BCUT2D eigenvalue weighted by molar-refractivity contribution is 5.40. The van der Waals surface area contributed by atoms with Gasteiger partial charge in [-0.05, 0) is 25.1 Å². The van der Waals surface area contributed by atoms with Crippen LogP contribution in [0.25, 0.3) is 0 Å². The van der Waals surface area contributed by atoms with Gasteiger partial charge in [0.05, 0.1) is 0 Å². The molecule has 1 aliphatic rings. The molecule has 0 saturated carbocycles. The zero-order valence-electron chi connectivity index (χ0n) is 9.74. The van der Waals surface area contributed by atoms with Crippen LogP contribution in [0.3, 0.4) is 0 Å². The van der Waals surface area contributed by atoms with Gasteiger partial charge in [-0.15, -0.1) is 0 Å². The second-order valence-electron chi connectivity index (χ2n) is 4.06. The lowest BCUT2D eigenvalue weighted by molar-refractivity contribution is 0.0905. The zero-order valence-corrected chi connectivity index (χ0v) is 9.74. The number of hydrogen-bond donors (Lipinski definition) is 1. The predicted octanol–water partition coefficient (Wildman–Crippen LogP) is 2.22. The minimum absolute atomic E-state index is 0.131. The highest BCUT2D eigenvalue weighted by Gasteiger charge is 2.19. The third-order valence-corrected chi connectivity index (χ3v) is 2.65. The summed E-state index contributed by atoms with van der Waals surface area (Å²) in [5, 5.41) is 3.38. The fraction of sp³-hybridized carbons (Fsp3) is 0.538. The van der Waals surface area contributed by atoms with E-state index in [-0.39, 0.29) is 6.10 Å². The van der Waals surface area contributed by atoms with Gasteiger partial charge in [0.15, 0.2) is 11.5 Å². The minimum atomic E-state index is 0.131. The molecule has 1 N–H and O–H groups in total. The molecule has 1 aromatic rings. The van der Waals surface area contributed by atoms with Crippen molar-refractivity contribution in [1.29, 1.82) is 0 Å². The molecule has 3 nitrogen and oxygen atoms in total. The Kier molecular flexibility index (Phi) is 4.05. The highest BCUT2D eigenvalue weighted by Crippen LogP contribution is 2.30. The number of ether oxygens (including phenoxy) is 2. The molecule has 0 aliphatic carbocycles. The molecule has 3 heteroatoms. The number of hydrogen-bond acceptors (Lipinski definition) is 3. The quantitative estimate of drug-likeness (QED) is 0.773. The van der Waals surface area contributed by atoms with Crippen LogP contribution < -0.4 is 14.8 Å². The Morgan fingerprint density at radius 3 is 2.94 bits per heavy atom. The lowest BCUT2D eigenvalue weighted by Crippen LogP contribution is -2.38. The van der Waals surface area contributed by atoms with Gasteiger partial charge in [-0.3, -0.25) is 0 Å². The van der Waals surface area contributed by atoms with Gasteiger partial charge < -0.3 is 14.8 Å². The summed E-state index contributed by atoms with van der Waals surface area (Å²) in [5.74, 6) is 1.71. The van der Waals surface area contributed by atoms with Crippen molar-refractivity contribution in [2.24, 2.45) is 0 Å². The van der Waals surface area contributed by atoms with Gasteiger partial charge in [0.25, 0.3) is 0 Å². The zero-order chi connectivity index (χ0) is 11.2. The van der Waals surface area contributed by atoms with Crippen molar-refractivity contribution in [1.82, 2.24) is 5.32 Å². The van der Waals surface area contributed by atoms with Crippen molar-refractivity contribution in [2.45, 2.75) is 25.9 Å². The molecule has 0 amide bonds. The largest absolute Gasteiger partial charge is 0.486 e. The molecule has 88 valence electrons. The van der Waals surface area contributed by atoms with Crippen molar-refractivity contribution >= 4 is 0 Å². The summed E-state index contributed by atoms with van der Waals surface area (Å²) in [5.41, 5.74) is 0. The SMILES string of the molecule is CCCCNCC1COc2ccccc2O1. The van der Waals surface area contributed by atoms with E-state index in [2.05, 4.69) is 12.2 Å². The third kappa shape index (κ3) is 2.89. The van der Waals surface area contributed by atoms with Gasteiger partial charge in [0, 0.05) is 6.54 Å². The van der Waals surface area contributed by atoms with Crippen LogP contribution in [0.5, 0.6) is 11.5 Å². The molecular formula is C13H19NO2. The van der Waals surface area contributed by atoms with Crippen molar-refractivity contribution in [3.05, 3.63) is 24.3 Å². The van der Waals surface area contributed by atoms with E-state index in [0.717, 1.165) is 24.6 Å². The van der Waals surface area contributed by atoms with Crippen molar-refractivity contribution in [2.75, 3.05) is 19.7 Å². The first-order chi connectivity index (χ1) is 7.90. The lowest BCUT2D eigenvalue weighted by atomic mass is 10.2. The second-order valence-corrected chi connectivity index (χ2v) is 4.06. The van der Waals surface area contributed by atoms with Gasteiger partial charge in [-0.1, -0.05) is 25.5 Å². The van der Waals surface area contributed by atoms with Crippen LogP contribution in [0.2, 0.25) is 0 Å². The van der Waals surface area contributed by atoms with Crippen LogP contribution in [0.15, 0.2) is 24.3 Å². The minimum Gasteiger partial charge on any atom is -0.486 e. The van der Waals surface area contributed by atoms with Crippen molar-refractivity contribution in [3.63, 3.8) is 0 Å². The summed E-state index contributed by atoms with van der Waals surface area (Å²) in [6, 6.07) is 7.82. The Morgan fingerprint density at radius 2 is 2.12 bits per heavy atom. The Hall–Kier alpha value is -1.22. The van der Waals surface area contributed by atoms with Crippen LogP contribution in [-0.2, 0) is 0 Å². The van der Waals surface area contributed by atoms with Crippen LogP contribution in [0, 0.1) is 0 Å². The Labute approximate surface area is 96.8 Å². The van der Waals surface area contributed by atoms with Crippen LogP contribution >= 0.6 is 0 Å². The molecule has 1 atom stereocenters. The lowest BCUT2D eigenvalue weighted by Gasteiger charge is -2.26. The standard InChI is InChI=1S/C13H19NO2/c1-2-3-8-14-9-11-10-15-12-6-4-5-7-13(12)16-11/h4-7,11,14H,2-3,8-10H2,1H3. The number of nitrogens with one attached hydrogen (secondary N) is 1. The molecule has 1 unspecified atom stereocenters. The maximum atomic E-state index is 5.82. The molecule has 2 rings (SSSR count). The smallest absolute Gasteiger partial charge is 0.161 e. The Bertz CT molecular complexity index is 327. The average Bonchev–Trinajstić information content (AvgIpc) is 2.34. The first-order valence-corrected chi connectivity index (χ1v) is 5.99. The number of rotatable bonds is 5. The van der Waals surface area contributed by atoms with Crippen molar-refractivity contribution in [3.8, 4) is 11.5 Å². The summed E-state index contributed by atoms with van der Waals surface area (Å²) in [4.78, 5) is 0. The molecular weight excluding hydrogens is 202 g/mol. The summed E-state index contributed by atoms with van der Waals surface area (Å²) in [7, 11) is 0. The van der Waals surface area contributed by atoms with Gasteiger partial charge in [-0.25, -0.2) is 0 Å². The molecule has 0 spiro atoms. The summed E-state index contributed by atoms with van der Waals surface area (Å²) in [6.07, 6.45) is 2.56. The number of para-hydroxylation sites is 2. The molecule has 1 aromatic carbocycles. The third-order valence-electron chi connectivity index (χ3n) is 2.65. The fourth-order valence-corrected chi connectivity index (χ4v) is 1.73. The highest BCUT2D eigenvalue weighted by atomic mass is 16.6. The molecule has 0 radical (unpaired) electrons. The maximum absolute atomic E-state index is 5.82.